The van der Waals surface area contributed by atoms with Crippen LogP contribution >= 0.6 is 0 Å². The molecule has 0 aliphatic heterocycles. The molecule has 25 heavy (non-hydrogen) atoms. The van der Waals surface area contributed by atoms with E-state index in [0.29, 0.717) is 12.0 Å². The highest BCUT2D eigenvalue weighted by molar-refractivity contribution is 5.87. The van der Waals surface area contributed by atoms with Gasteiger partial charge in [-0.05, 0) is 31.1 Å². The molecule has 0 radical (unpaired) electrons. The Bertz CT molecular complexity index is 433. The van der Waals surface area contributed by atoms with E-state index in [1.165, 1.54) is 70.6 Å². The smallest absolute Gasteiger partial charge is 0.331 e. The molecule has 2 nitrogen and oxygen atoms in total. The number of rotatable bonds is 14. The molecule has 0 aromatic heterocycles. The fourth-order valence-corrected chi connectivity index (χ4v) is 4.03. The summed E-state index contributed by atoms with van der Waals surface area (Å²) in [6, 6.07) is 0. The number of aliphatic carboxylic acids is 1. The summed E-state index contributed by atoms with van der Waals surface area (Å²) in [5.74, 6) is 0.973. The predicted molar refractivity (Wildman–Crippen MR) is 108 cm³/mol. The van der Waals surface area contributed by atoms with Gasteiger partial charge in [0.25, 0.3) is 0 Å². The molecule has 0 aromatic rings. The molecule has 2 atom stereocenters. The van der Waals surface area contributed by atoms with E-state index < -0.39 is 5.97 Å². The Morgan fingerprint density at radius 3 is 2.44 bits per heavy atom. The number of unbranched alkanes of at least 4 members (excludes halogenated alkanes) is 5. The first-order valence-electron chi connectivity index (χ1n) is 10.4. The molecular formula is C23H38O2. The molecule has 1 saturated carbocycles. The Hall–Kier alpha value is -1.31. The van der Waals surface area contributed by atoms with Gasteiger partial charge in [-0.3, -0.25) is 0 Å². The van der Waals surface area contributed by atoms with Gasteiger partial charge >= 0.3 is 5.97 Å². The average Bonchev–Trinajstić information content (AvgIpc) is 3.04. The number of hydrogen-bond donors (Lipinski definition) is 1. The van der Waals surface area contributed by atoms with Crippen LogP contribution in [-0.2, 0) is 4.79 Å². The third-order valence-electron chi connectivity index (χ3n) is 5.52. The van der Waals surface area contributed by atoms with Crippen LogP contribution in [0.5, 0.6) is 0 Å². The normalized spacial score (nSPS) is 21.1. The van der Waals surface area contributed by atoms with Crippen molar-refractivity contribution in [3.05, 3.63) is 36.5 Å². The molecule has 1 aliphatic rings. The van der Waals surface area contributed by atoms with Crippen molar-refractivity contribution in [1.82, 2.24) is 0 Å². The molecular weight excluding hydrogens is 308 g/mol. The van der Waals surface area contributed by atoms with E-state index in [9.17, 15) is 4.79 Å². The summed E-state index contributed by atoms with van der Waals surface area (Å²) in [4.78, 5) is 11.0. The second-order valence-electron chi connectivity index (χ2n) is 7.50. The second-order valence-corrected chi connectivity index (χ2v) is 7.50. The van der Waals surface area contributed by atoms with Crippen molar-refractivity contribution in [3.8, 4) is 0 Å². The molecule has 1 fully saturated rings. The van der Waals surface area contributed by atoms with Gasteiger partial charge < -0.3 is 5.11 Å². The van der Waals surface area contributed by atoms with Gasteiger partial charge in [0, 0.05) is 5.57 Å². The molecule has 2 heteroatoms. The number of carboxylic acids is 1. The van der Waals surface area contributed by atoms with Crippen LogP contribution in [0.15, 0.2) is 36.5 Å². The average molecular weight is 347 g/mol. The molecule has 0 saturated heterocycles. The molecule has 1 aliphatic carbocycles. The Morgan fingerprint density at radius 1 is 1.08 bits per heavy atom. The van der Waals surface area contributed by atoms with Crippen LogP contribution in [-0.4, -0.2) is 11.1 Å². The van der Waals surface area contributed by atoms with Crippen molar-refractivity contribution in [3.63, 3.8) is 0 Å². The minimum atomic E-state index is -0.848. The van der Waals surface area contributed by atoms with E-state index in [1.54, 1.807) is 12.2 Å². The highest BCUT2D eigenvalue weighted by Gasteiger charge is 2.25. The maximum absolute atomic E-state index is 11.0. The molecule has 142 valence electrons. The van der Waals surface area contributed by atoms with Crippen LogP contribution in [0, 0.1) is 11.8 Å². The van der Waals surface area contributed by atoms with Crippen molar-refractivity contribution in [2.75, 3.05) is 0 Å². The van der Waals surface area contributed by atoms with Gasteiger partial charge in [0.15, 0.2) is 0 Å². The zero-order valence-corrected chi connectivity index (χ0v) is 16.2. The Morgan fingerprint density at radius 2 is 1.76 bits per heavy atom. The highest BCUT2D eigenvalue weighted by atomic mass is 16.4. The lowest BCUT2D eigenvalue weighted by molar-refractivity contribution is -0.132. The number of hydrogen-bond acceptors (Lipinski definition) is 1. The third-order valence-corrected chi connectivity index (χ3v) is 5.52. The van der Waals surface area contributed by atoms with Gasteiger partial charge in [-0.1, -0.05) is 95.4 Å². The van der Waals surface area contributed by atoms with E-state index >= 15 is 0 Å². The SMILES string of the molecule is C=CCC(=CC=CCC[C@H]1CCC[C@@H]1CCCCCCCC)C(=O)O. The molecule has 0 aromatic carbocycles. The van der Waals surface area contributed by atoms with E-state index in [4.69, 9.17) is 5.11 Å². The number of carboxylic acid groups (broad SMARTS) is 1. The lowest BCUT2D eigenvalue weighted by Crippen LogP contribution is -2.07. The van der Waals surface area contributed by atoms with Crippen molar-refractivity contribution in [1.29, 1.82) is 0 Å². The van der Waals surface area contributed by atoms with Crippen LogP contribution in [0.4, 0.5) is 0 Å². The Balaban J connectivity index is 2.24. The maximum Gasteiger partial charge on any atom is 0.331 e. The van der Waals surface area contributed by atoms with Gasteiger partial charge in [-0.2, -0.15) is 0 Å². The van der Waals surface area contributed by atoms with E-state index in [0.717, 1.165) is 18.3 Å². The fourth-order valence-electron chi connectivity index (χ4n) is 4.03. The molecule has 0 bridgehead atoms. The number of allylic oxidation sites excluding steroid dienone is 4. The van der Waals surface area contributed by atoms with E-state index in [-0.39, 0.29) is 0 Å². The first-order valence-corrected chi connectivity index (χ1v) is 10.4. The summed E-state index contributed by atoms with van der Waals surface area (Å²) in [5, 5.41) is 9.07. The molecule has 1 N–H and O–H groups in total. The van der Waals surface area contributed by atoms with E-state index in [2.05, 4.69) is 19.6 Å². The van der Waals surface area contributed by atoms with Crippen LogP contribution < -0.4 is 0 Å². The number of carbonyl (C=O) groups is 1. The van der Waals surface area contributed by atoms with Crippen LogP contribution in [0.25, 0.3) is 0 Å². The standard InChI is InChI=1S/C23H38O2/c1-3-5-6-7-8-10-15-20-18-13-19-21(20)16-11-9-12-17-22(14-4-2)23(24)25/h4,9,12,17,20-21H,2-3,5-8,10-11,13-16,18-19H2,1H3,(H,24,25)/t20-,21-/m0/s1. The summed E-state index contributed by atoms with van der Waals surface area (Å²) in [5.41, 5.74) is 0.410. The molecule has 0 heterocycles. The van der Waals surface area contributed by atoms with Crippen LogP contribution in [0.1, 0.15) is 90.4 Å². The minimum Gasteiger partial charge on any atom is -0.478 e. The maximum atomic E-state index is 11.0. The van der Waals surface area contributed by atoms with Crippen LogP contribution in [0.3, 0.4) is 0 Å². The predicted octanol–water partition coefficient (Wildman–Crippen LogP) is 7.08. The van der Waals surface area contributed by atoms with Gasteiger partial charge in [0.1, 0.15) is 0 Å². The zero-order valence-electron chi connectivity index (χ0n) is 16.2. The summed E-state index contributed by atoms with van der Waals surface area (Å²) in [7, 11) is 0. The van der Waals surface area contributed by atoms with Crippen molar-refractivity contribution in [2.45, 2.75) is 90.4 Å². The minimum absolute atomic E-state index is 0.410. The van der Waals surface area contributed by atoms with Crippen molar-refractivity contribution >= 4 is 5.97 Å². The largest absolute Gasteiger partial charge is 0.478 e. The first-order chi connectivity index (χ1) is 12.2. The lowest BCUT2D eigenvalue weighted by Gasteiger charge is -2.18. The Labute approximate surface area is 155 Å². The van der Waals surface area contributed by atoms with Crippen LogP contribution in [0.2, 0.25) is 0 Å². The van der Waals surface area contributed by atoms with Gasteiger partial charge in [0.2, 0.25) is 0 Å². The molecule has 0 amide bonds. The monoisotopic (exact) mass is 346 g/mol. The molecule has 0 unspecified atom stereocenters. The zero-order chi connectivity index (χ0) is 18.3. The highest BCUT2D eigenvalue weighted by Crippen LogP contribution is 2.38. The van der Waals surface area contributed by atoms with Crippen molar-refractivity contribution in [2.24, 2.45) is 11.8 Å². The summed E-state index contributed by atoms with van der Waals surface area (Å²) >= 11 is 0. The fraction of sp³-hybridized carbons (Fsp3) is 0.696. The van der Waals surface area contributed by atoms with Crippen molar-refractivity contribution < 1.29 is 9.90 Å². The quantitative estimate of drug-likeness (QED) is 0.158. The summed E-state index contributed by atoms with van der Waals surface area (Å²) in [6.45, 7) is 5.88. The van der Waals surface area contributed by atoms with Gasteiger partial charge in [0.05, 0.1) is 0 Å². The van der Waals surface area contributed by atoms with Gasteiger partial charge in [-0.25, -0.2) is 4.79 Å². The van der Waals surface area contributed by atoms with Gasteiger partial charge in [-0.15, -0.1) is 6.58 Å². The first kappa shape index (κ1) is 21.7. The third kappa shape index (κ3) is 9.67. The van der Waals surface area contributed by atoms with E-state index in [1.807, 2.05) is 6.08 Å². The Kier molecular flexibility index (Phi) is 12.1. The molecule has 0 spiro atoms. The molecule has 1 rings (SSSR count). The summed E-state index contributed by atoms with van der Waals surface area (Å²) < 4.78 is 0. The topological polar surface area (TPSA) is 37.3 Å². The summed E-state index contributed by atoms with van der Waals surface area (Å²) in [6.07, 6.45) is 24.1. The second kappa shape index (κ2) is 13.9. The lowest BCUT2D eigenvalue weighted by atomic mass is 9.87.